The van der Waals surface area contributed by atoms with Gasteiger partial charge in [0.2, 0.25) is 41.4 Å². The standard InChI is InChI=1S/C74H117N11O18S/c1-17-47(8)64(56(98-14)41-60(88)84-35-22-26-55(84)67(99-15)48(9)68(91)79-50(11)65(90)52-23-19-18-20-24-52)82(12)71(94)66(46(6)7)103-72(95)63(45(4)5)83(13)74(97)102-43-51-27-29-53(30-28-51)80-69(92)54(25-21-33-77-73(75)96)78-49(10)62(44(2)3)81-59(87)32-37-100-39-40-101-38-34-76-58(86)31-36-85-61(89)42-57(104-16)70(85)93/h18-20,23-24,27-30,44-48,50,54-57,62-67,78,90H,10,17,21-22,25-26,31-43H2,1-9,11-16H3,(H,76,86)(H,79,91)(H,80,92)(H,81,87)(H3,75,77,96)/t47-,48-,50-,54?,55?,56+,57?,62?,63?,64-,65-,66?,67-/m0/s1. The van der Waals surface area contributed by atoms with Crippen LogP contribution in [0.3, 0.4) is 0 Å². The Morgan fingerprint density at radius 3 is 2.02 bits per heavy atom. The third-order valence-electron chi connectivity index (χ3n) is 19.0. The van der Waals surface area contributed by atoms with Crippen molar-refractivity contribution in [2.75, 3.05) is 92.5 Å². The highest BCUT2D eigenvalue weighted by Crippen LogP contribution is 2.31. The van der Waals surface area contributed by atoms with Gasteiger partial charge < -0.3 is 81.0 Å². The number of nitrogens with two attached hydrogens (primary N) is 1. The molecule has 0 saturated carbocycles. The lowest BCUT2D eigenvalue weighted by Crippen LogP contribution is -2.56. The van der Waals surface area contributed by atoms with Gasteiger partial charge in [-0.05, 0) is 85.8 Å². The monoisotopic (exact) mass is 1480 g/mol. The SMILES string of the molecule is C=C(NC(CCCNC(N)=O)C(=O)Nc1ccc(COC(=O)N(C)C(C(=O)OC(C(=O)N(C)[C@@H]([C@@H](C)CC)[C@@H](CC(=O)N2CCCC2[C@@H](OC)[C@H](C)C(=O)N[C@@H](C)[C@H](O)c2ccccc2)OC)C(C)C)C(C)C)cc1)C(NC(=O)CCOCCOCCNC(=O)CCN1C(=O)CC(SC)C1=O)C(C)C. The van der Waals surface area contributed by atoms with Crippen molar-refractivity contribution in [3.63, 3.8) is 0 Å². The van der Waals surface area contributed by atoms with E-state index >= 15 is 0 Å². The summed E-state index contributed by atoms with van der Waals surface area (Å²) in [6, 6.07) is 10.4. The molecular formula is C74H117N11O18S. The van der Waals surface area contributed by atoms with Gasteiger partial charge in [-0.1, -0.05) is 118 Å². The number of primary amides is 1. The van der Waals surface area contributed by atoms with Crippen LogP contribution in [0.1, 0.15) is 144 Å². The number of benzene rings is 2. The predicted octanol–water partition coefficient (Wildman–Crippen LogP) is 5.43. The summed E-state index contributed by atoms with van der Waals surface area (Å²) in [7, 11) is 6.00. The number of hydrogen-bond acceptors (Lipinski definition) is 20. The molecule has 0 bridgehead atoms. The summed E-state index contributed by atoms with van der Waals surface area (Å²) in [6.07, 6.45) is -0.376. The second kappa shape index (κ2) is 44.8. The summed E-state index contributed by atoms with van der Waals surface area (Å²) < 4.78 is 35.0. The van der Waals surface area contributed by atoms with E-state index < -0.39 is 114 Å². The van der Waals surface area contributed by atoms with Crippen molar-refractivity contribution in [1.29, 1.82) is 0 Å². The first kappa shape index (κ1) is 88.5. The van der Waals surface area contributed by atoms with E-state index in [0.717, 1.165) is 9.80 Å². The lowest BCUT2D eigenvalue weighted by atomic mass is 9.89. The minimum absolute atomic E-state index is 0.00961. The highest BCUT2D eigenvalue weighted by atomic mass is 32.2. The number of aliphatic hydroxyl groups excluding tert-OH is 1. The molecule has 0 aliphatic carbocycles. The minimum atomic E-state index is -1.31. The van der Waals surface area contributed by atoms with Crippen molar-refractivity contribution in [3.05, 3.63) is 78.0 Å². The molecule has 9 N–H and O–H groups in total. The smallest absolute Gasteiger partial charge is 0.410 e. The average Bonchev–Trinajstić information content (AvgIpc) is 1.38. The molecule has 2 aliphatic heterocycles. The topological polar surface area (TPSA) is 375 Å². The Morgan fingerprint density at radius 2 is 1.43 bits per heavy atom. The minimum Gasteiger partial charge on any atom is -0.450 e. The maximum atomic E-state index is 14.8. The van der Waals surface area contributed by atoms with Crippen LogP contribution in [-0.4, -0.2) is 237 Å². The largest absolute Gasteiger partial charge is 0.450 e. The first-order chi connectivity index (χ1) is 49.3. The van der Waals surface area contributed by atoms with E-state index in [4.69, 9.17) is 34.2 Å². The van der Waals surface area contributed by atoms with E-state index in [2.05, 4.69) is 38.5 Å². The van der Waals surface area contributed by atoms with Gasteiger partial charge in [-0.2, -0.15) is 11.8 Å². The van der Waals surface area contributed by atoms with Crippen molar-refractivity contribution < 1.29 is 86.3 Å². The van der Waals surface area contributed by atoms with Gasteiger partial charge in [0.25, 0.3) is 5.91 Å². The zero-order chi connectivity index (χ0) is 77.5. The van der Waals surface area contributed by atoms with E-state index in [1.54, 1.807) is 96.1 Å². The summed E-state index contributed by atoms with van der Waals surface area (Å²) in [5.74, 6) is -5.70. The van der Waals surface area contributed by atoms with E-state index in [0.29, 0.717) is 54.7 Å². The molecule has 0 aromatic heterocycles. The normalized spacial score (nSPS) is 17.7. The van der Waals surface area contributed by atoms with Crippen LogP contribution in [0.25, 0.3) is 0 Å². The number of amides is 11. The summed E-state index contributed by atoms with van der Waals surface area (Å²) >= 11 is 1.31. The van der Waals surface area contributed by atoms with Gasteiger partial charge in [-0.15, -0.1) is 0 Å². The number of esters is 1. The molecule has 2 fully saturated rings. The molecule has 2 aromatic rings. The Kier molecular flexibility index (Phi) is 38.1. The molecule has 582 valence electrons. The number of anilines is 1. The molecule has 4 rings (SSSR count). The van der Waals surface area contributed by atoms with Crippen LogP contribution in [0.5, 0.6) is 0 Å². The lowest BCUT2D eigenvalue weighted by molar-refractivity contribution is -0.170. The molecule has 0 spiro atoms. The Labute approximate surface area is 617 Å². The van der Waals surface area contributed by atoms with Gasteiger partial charge in [0.15, 0.2) is 6.10 Å². The fourth-order valence-corrected chi connectivity index (χ4v) is 13.5. The van der Waals surface area contributed by atoms with Gasteiger partial charge in [-0.3, -0.25) is 48.2 Å². The van der Waals surface area contributed by atoms with E-state index in [1.807, 2.05) is 45.9 Å². The van der Waals surface area contributed by atoms with Crippen molar-refractivity contribution in [2.45, 2.75) is 200 Å². The van der Waals surface area contributed by atoms with E-state index in [-0.39, 0.29) is 132 Å². The number of carbonyl (C=O) groups is 11. The lowest BCUT2D eigenvalue weighted by Gasteiger charge is -2.40. The molecule has 6 unspecified atom stereocenters. The highest BCUT2D eigenvalue weighted by Gasteiger charge is 2.45. The molecule has 30 heteroatoms. The van der Waals surface area contributed by atoms with E-state index in [1.165, 1.54) is 37.9 Å². The second-order valence-electron chi connectivity index (χ2n) is 27.7. The molecule has 2 aliphatic rings. The van der Waals surface area contributed by atoms with Gasteiger partial charge >= 0.3 is 18.1 Å². The third-order valence-corrected chi connectivity index (χ3v) is 19.9. The Hall–Kier alpha value is -7.90. The molecule has 2 aromatic carbocycles. The number of ether oxygens (including phenoxy) is 6. The van der Waals surface area contributed by atoms with Crippen molar-refractivity contribution in [2.24, 2.45) is 35.3 Å². The summed E-state index contributed by atoms with van der Waals surface area (Å²) in [4.78, 5) is 152. The van der Waals surface area contributed by atoms with Crippen LogP contribution >= 0.6 is 11.8 Å². The number of methoxy groups -OCH3 is 2. The highest BCUT2D eigenvalue weighted by molar-refractivity contribution is 8.00. The van der Waals surface area contributed by atoms with Crippen molar-refractivity contribution in [1.82, 2.24) is 46.2 Å². The van der Waals surface area contributed by atoms with Crippen LogP contribution in [0, 0.1) is 29.6 Å². The quantitative estimate of drug-likeness (QED) is 0.0233. The Morgan fingerprint density at radius 1 is 0.769 bits per heavy atom. The number of thioether (sulfide) groups is 1. The van der Waals surface area contributed by atoms with Crippen LogP contribution in [0.4, 0.5) is 15.3 Å². The molecule has 104 heavy (non-hydrogen) atoms. The third kappa shape index (κ3) is 27.2. The predicted molar refractivity (Wildman–Crippen MR) is 394 cm³/mol. The molecule has 2 heterocycles. The van der Waals surface area contributed by atoms with Crippen molar-refractivity contribution in [3.8, 4) is 0 Å². The van der Waals surface area contributed by atoms with E-state index in [9.17, 15) is 57.8 Å². The van der Waals surface area contributed by atoms with Crippen LogP contribution in [-0.2, 0) is 78.2 Å². The number of urea groups is 1. The van der Waals surface area contributed by atoms with Gasteiger partial charge in [0.05, 0.1) is 86.5 Å². The van der Waals surface area contributed by atoms with Crippen LogP contribution in [0.15, 0.2) is 66.9 Å². The zero-order valence-corrected chi connectivity index (χ0v) is 64.3. The fourth-order valence-electron chi connectivity index (χ4n) is 12.8. The Balaban J connectivity index is 1.31. The van der Waals surface area contributed by atoms with Gasteiger partial charge in [0.1, 0.15) is 18.7 Å². The summed E-state index contributed by atoms with van der Waals surface area (Å²) in [5.41, 5.74) is 7.26. The number of likely N-dealkylation sites (N-methyl/N-ethyl adjacent to an activating group) is 2. The zero-order valence-electron chi connectivity index (χ0n) is 63.5. The van der Waals surface area contributed by atoms with Crippen LogP contribution in [0.2, 0.25) is 0 Å². The first-order valence-electron chi connectivity index (χ1n) is 36.0. The molecule has 2 saturated heterocycles. The number of imide groups is 1. The number of hydrogen-bond donors (Lipinski definition) is 8. The number of nitrogens with one attached hydrogen (secondary N) is 6. The summed E-state index contributed by atoms with van der Waals surface area (Å²) in [6.45, 7) is 23.6. The molecule has 11 amide bonds. The summed E-state index contributed by atoms with van der Waals surface area (Å²) in [5, 5.41) is 27.8. The Bertz CT molecular complexity index is 3130. The molecule has 13 atom stereocenters. The number of nitrogens with zero attached hydrogens (tertiary/aromatic N) is 4. The number of likely N-dealkylation sites (tertiary alicyclic amines) is 2. The first-order valence-corrected chi connectivity index (χ1v) is 37.3. The molecule has 0 radical (unpaired) electrons. The van der Waals surface area contributed by atoms with Crippen molar-refractivity contribution >= 4 is 82.8 Å². The van der Waals surface area contributed by atoms with Crippen LogP contribution < -0.4 is 37.6 Å². The van der Waals surface area contributed by atoms with Gasteiger partial charge in [-0.25, -0.2) is 14.4 Å². The number of aliphatic hydroxyl groups is 1. The second-order valence-corrected chi connectivity index (χ2v) is 28.8. The average molecular weight is 1480 g/mol. The number of rotatable bonds is 46. The maximum absolute atomic E-state index is 14.8. The fraction of sp³-hybridized carbons (Fsp3) is 0.662. The molecular weight excluding hydrogens is 1360 g/mol. The maximum Gasteiger partial charge on any atom is 0.410 e. The van der Waals surface area contributed by atoms with Gasteiger partial charge in [0, 0.05) is 85.1 Å². The number of carbonyl (C=O) groups excluding carboxylic acids is 11. The molecule has 29 nitrogen and oxygen atoms in total.